The molecule has 25 heavy (non-hydrogen) atoms. The van der Waals surface area contributed by atoms with Gasteiger partial charge in [-0.05, 0) is 50.4 Å². The highest BCUT2D eigenvalue weighted by Gasteiger charge is 2.69. The molecule has 2 bridgehead atoms. The molecule has 1 amide bonds. The Hall–Kier alpha value is -0.335. The maximum absolute atomic E-state index is 12.4. The number of likely N-dealkylation sites (tertiary alicyclic amines) is 1. The number of hydrogen-bond acceptors (Lipinski definition) is 5. The van der Waals surface area contributed by atoms with Crippen LogP contribution in [0.15, 0.2) is 0 Å². The Morgan fingerprint density at radius 1 is 1.32 bits per heavy atom. The Balaban J connectivity index is 0.00000182. The van der Waals surface area contributed by atoms with Gasteiger partial charge in [-0.3, -0.25) is 4.79 Å². The molecule has 1 unspecified atom stereocenters. The number of carbonyl (C=O) groups is 1. The second-order valence-corrected chi connectivity index (χ2v) is 9.07. The maximum Gasteiger partial charge on any atom is 0.482 e. The predicted molar refractivity (Wildman–Crippen MR) is 97.1 cm³/mol. The highest BCUT2D eigenvalue weighted by Crippen LogP contribution is 2.65. The summed E-state index contributed by atoms with van der Waals surface area (Å²) in [6.07, 6.45) is 2.26. The summed E-state index contributed by atoms with van der Waals surface area (Å²) in [5.74, 6) is 0.788. The van der Waals surface area contributed by atoms with Crippen LogP contribution in [0, 0.1) is 17.3 Å². The van der Waals surface area contributed by atoms with Crippen LogP contribution in [0.5, 0.6) is 0 Å². The van der Waals surface area contributed by atoms with Gasteiger partial charge in [-0.25, -0.2) is 0 Å². The third kappa shape index (κ3) is 2.66. The predicted octanol–water partition coefficient (Wildman–Crippen LogP) is 0.985. The standard InChI is InChI=1S/C17H29BN2O4.ClH/c1-9(19)15(22)20-8-11(21)7-14(20)18-23-13-6-10-5-12(16(10,2)3)17(13,4)24-18;/h9-14,21H,5-8,19H2,1-4H3;1H/t9-,10+,11+,12+,13?,14+,17+;/m1./s1. The molecule has 6 nitrogen and oxygen atoms in total. The molecule has 3 saturated carbocycles. The van der Waals surface area contributed by atoms with E-state index in [0.717, 1.165) is 6.42 Å². The Morgan fingerprint density at radius 3 is 2.60 bits per heavy atom. The number of aliphatic hydroxyl groups excluding tert-OH is 1. The zero-order chi connectivity index (χ0) is 17.4. The number of carbonyl (C=O) groups excluding carboxylic acids is 1. The van der Waals surface area contributed by atoms with Gasteiger partial charge in [0, 0.05) is 6.54 Å². The molecular weight excluding hydrogens is 342 g/mol. The summed E-state index contributed by atoms with van der Waals surface area (Å²) in [5.41, 5.74) is 5.77. The van der Waals surface area contributed by atoms with Gasteiger partial charge in [0.2, 0.25) is 5.91 Å². The van der Waals surface area contributed by atoms with Gasteiger partial charge < -0.3 is 25.0 Å². The van der Waals surface area contributed by atoms with E-state index in [2.05, 4.69) is 20.8 Å². The first-order valence-electron chi connectivity index (χ1n) is 9.22. The monoisotopic (exact) mass is 372 g/mol. The second kappa shape index (κ2) is 6.09. The molecule has 5 rings (SSSR count). The first-order chi connectivity index (χ1) is 11.1. The number of aliphatic hydroxyl groups is 1. The van der Waals surface area contributed by atoms with E-state index in [0.29, 0.717) is 30.2 Å². The lowest BCUT2D eigenvalue weighted by Gasteiger charge is -2.64. The lowest BCUT2D eigenvalue weighted by molar-refractivity contribution is -0.199. The molecular formula is C17H30BClN2O4. The smallest absolute Gasteiger partial charge is 0.404 e. The van der Waals surface area contributed by atoms with Crippen LogP contribution in [0.25, 0.3) is 0 Å². The third-order valence-corrected chi connectivity index (χ3v) is 7.28. The van der Waals surface area contributed by atoms with Crippen molar-refractivity contribution in [2.45, 2.75) is 76.7 Å². The maximum atomic E-state index is 12.4. The first-order valence-corrected chi connectivity index (χ1v) is 9.22. The topological polar surface area (TPSA) is 85.0 Å². The largest absolute Gasteiger partial charge is 0.482 e. The molecule has 142 valence electrons. The van der Waals surface area contributed by atoms with Gasteiger partial charge in [0.15, 0.2) is 0 Å². The lowest BCUT2D eigenvalue weighted by atomic mass is 9.43. The highest BCUT2D eigenvalue weighted by molar-refractivity contribution is 6.48. The van der Waals surface area contributed by atoms with Crippen molar-refractivity contribution in [3.8, 4) is 0 Å². The van der Waals surface area contributed by atoms with Crippen LogP contribution < -0.4 is 5.73 Å². The van der Waals surface area contributed by atoms with E-state index in [9.17, 15) is 9.90 Å². The quantitative estimate of drug-likeness (QED) is 0.706. The Morgan fingerprint density at radius 2 is 2.00 bits per heavy atom. The molecule has 8 heteroatoms. The van der Waals surface area contributed by atoms with Crippen LogP contribution in [0.2, 0.25) is 0 Å². The summed E-state index contributed by atoms with van der Waals surface area (Å²) in [5, 5.41) is 10.1. The number of amides is 1. The first kappa shape index (κ1) is 19.4. The van der Waals surface area contributed by atoms with E-state index >= 15 is 0 Å². The zero-order valence-electron chi connectivity index (χ0n) is 15.5. The van der Waals surface area contributed by atoms with Crippen molar-refractivity contribution in [3.63, 3.8) is 0 Å². The molecule has 5 fully saturated rings. The number of halogens is 1. The van der Waals surface area contributed by atoms with Crippen LogP contribution in [0.1, 0.15) is 47.0 Å². The van der Waals surface area contributed by atoms with Gasteiger partial charge in [0.1, 0.15) is 0 Å². The van der Waals surface area contributed by atoms with Gasteiger partial charge in [0.25, 0.3) is 0 Å². The van der Waals surface area contributed by atoms with E-state index in [-0.39, 0.29) is 36.0 Å². The van der Waals surface area contributed by atoms with Crippen LogP contribution in [-0.2, 0) is 14.1 Å². The minimum absolute atomic E-state index is 0. The summed E-state index contributed by atoms with van der Waals surface area (Å²) in [6.45, 7) is 8.82. The van der Waals surface area contributed by atoms with E-state index in [4.69, 9.17) is 15.0 Å². The fraction of sp³-hybridized carbons (Fsp3) is 0.941. The third-order valence-electron chi connectivity index (χ3n) is 7.28. The minimum Gasteiger partial charge on any atom is -0.404 e. The molecule has 3 N–H and O–H groups in total. The van der Waals surface area contributed by atoms with Crippen molar-refractivity contribution >= 4 is 25.4 Å². The minimum atomic E-state index is -0.580. The van der Waals surface area contributed by atoms with Crippen LogP contribution in [0.3, 0.4) is 0 Å². The van der Waals surface area contributed by atoms with Gasteiger partial charge >= 0.3 is 7.12 Å². The summed E-state index contributed by atoms with van der Waals surface area (Å²) >= 11 is 0. The summed E-state index contributed by atoms with van der Waals surface area (Å²) in [4.78, 5) is 14.1. The number of nitrogens with zero attached hydrogens (tertiary/aromatic N) is 1. The van der Waals surface area contributed by atoms with Gasteiger partial charge in [0.05, 0.1) is 29.8 Å². The van der Waals surface area contributed by atoms with Crippen LogP contribution in [0.4, 0.5) is 0 Å². The van der Waals surface area contributed by atoms with Crippen molar-refractivity contribution in [2.75, 3.05) is 6.54 Å². The number of β-amino-alcohol motifs (C(OH)–C–C–N with tert-alkyl or cyclic N) is 1. The van der Waals surface area contributed by atoms with E-state index in [1.54, 1.807) is 11.8 Å². The second-order valence-electron chi connectivity index (χ2n) is 9.07. The molecule has 2 aliphatic heterocycles. The molecule has 0 aromatic heterocycles. The number of rotatable bonds is 2. The Bertz CT molecular complexity index is 563. The van der Waals surface area contributed by atoms with Crippen molar-refractivity contribution < 1.29 is 19.2 Å². The molecule has 3 aliphatic carbocycles. The molecule has 0 radical (unpaired) electrons. The fourth-order valence-electron chi connectivity index (χ4n) is 5.68. The molecule has 0 aromatic carbocycles. The zero-order valence-corrected chi connectivity index (χ0v) is 16.3. The summed E-state index contributed by atoms with van der Waals surface area (Å²) in [7, 11) is -0.463. The summed E-state index contributed by atoms with van der Waals surface area (Å²) in [6, 6.07) is -0.580. The molecule has 5 aliphatic rings. The van der Waals surface area contributed by atoms with Gasteiger partial charge in [-0.2, -0.15) is 0 Å². The molecule has 7 atom stereocenters. The van der Waals surface area contributed by atoms with Gasteiger partial charge in [-0.15, -0.1) is 12.4 Å². The van der Waals surface area contributed by atoms with Crippen molar-refractivity contribution in [3.05, 3.63) is 0 Å². The van der Waals surface area contributed by atoms with E-state index in [1.165, 1.54) is 6.42 Å². The normalized spacial score (nSPS) is 45.4. The number of hydrogen-bond donors (Lipinski definition) is 2. The lowest BCUT2D eigenvalue weighted by Crippen LogP contribution is -2.65. The van der Waals surface area contributed by atoms with E-state index < -0.39 is 19.3 Å². The Labute approximate surface area is 156 Å². The average Bonchev–Trinajstić information content (AvgIpc) is 3.04. The SMILES string of the molecule is C[C@@H](N)C(=O)N1C[C@@H](O)C[C@H]1B1OC2C[C@@H]3C[C@@H](C3(C)C)[C@]2(C)O1.Cl. The fourth-order valence-corrected chi connectivity index (χ4v) is 5.68. The van der Waals surface area contributed by atoms with Crippen molar-refractivity contribution in [1.29, 1.82) is 0 Å². The average molecular weight is 373 g/mol. The van der Waals surface area contributed by atoms with Crippen LogP contribution in [-0.4, -0.2) is 59.4 Å². The van der Waals surface area contributed by atoms with Crippen molar-refractivity contribution in [2.24, 2.45) is 23.0 Å². The summed E-state index contributed by atoms with van der Waals surface area (Å²) < 4.78 is 12.7. The van der Waals surface area contributed by atoms with Crippen LogP contribution >= 0.6 is 12.4 Å². The molecule has 0 aromatic rings. The van der Waals surface area contributed by atoms with Crippen molar-refractivity contribution in [1.82, 2.24) is 4.90 Å². The number of nitrogens with two attached hydrogens (primary N) is 1. The van der Waals surface area contributed by atoms with Gasteiger partial charge in [-0.1, -0.05) is 13.8 Å². The molecule has 2 heterocycles. The molecule has 0 spiro atoms. The molecule has 2 saturated heterocycles. The highest BCUT2D eigenvalue weighted by atomic mass is 35.5. The van der Waals surface area contributed by atoms with E-state index in [1.807, 2.05) is 0 Å². The Kier molecular flexibility index (Phi) is 4.74.